The van der Waals surface area contributed by atoms with Gasteiger partial charge in [-0.1, -0.05) is 18.5 Å². The van der Waals surface area contributed by atoms with Gasteiger partial charge in [-0.05, 0) is 32.6 Å². The third-order valence-corrected chi connectivity index (χ3v) is 3.80. The van der Waals surface area contributed by atoms with Gasteiger partial charge < -0.3 is 14.4 Å². The van der Waals surface area contributed by atoms with Crippen molar-refractivity contribution in [3.63, 3.8) is 0 Å². The minimum atomic E-state index is -0.731. The van der Waals surface area contributed by atoms with Gasteiger partial charge in [0, 0.05) is 12.5 Å². The standard InChI is InChI=1S/C14H22N2O4/c1-3-5-11(19-4-2)12-15-13(20-16-12)9-6-7-10(8-9)14(17)18/h9-11H,3-8H2,1-2H3,(H,17,18). The molecule has 1 fully saturated rings. The summed E-state index contributed by atoms with van der Waals surface area (Å²) in [5.41, 5.74) is 0. The number of aromatic nitrogens is 2. The minimum Gasteiger partial charge on any atom is -0.481 e. The quantitative estimate of drug-likeness (QED) is 0.827. The van der Waals surface area contributed by atoms with Crippen molar-refractivity contribution >= 4 is 5.97 Å². The van der Waals surface area contributed by atoms with Crippen molar-refractivity contribution in [1.29, 1.82) is 0 Å². The molecule has 1 aromatic rings. The number of rotatable bonds is 7. The first-order valence-corrected chi connectivity index (χ1v) is 7.33. The Bertz CT molecular complexity index is 440. The molecule has 0 bridgehead atoms. The van der Waals surface area contributed by atoms with Crippen LogP contribution >= 0.6 is 0 Å². The van der Waals surface area contributed by atoms with Gasteiger partial charge in [-0.25, -0.2) is 0 Å². The lowest BCUT2D eigenvalue weighted by Gasteiger charge is -2.11. The fourth-order valence-electron chi connectivity index (χ4n) is 2.72. The van der Waals surface area contributed by atoms with Gasteiger partial charge in [0.05, 0.1) is 5.92 Å². The number of carboxylic acid groups (broad SMARTS) is 1. The number of carbonyl (C=O) groups is 1. The molecule has 1 saturated carbocycles. The summed E-state index contributed by atoms with van der Waals surface area (Å²) in [5.74, 6) is 0.201. The summed E-state index contributed by atoms with van der Waals surface area (Å²) in [5, 5.41) is 13.0. The predicted octanol–water partition coefficient (Wildman–Crippen LogP) is 2.92. The lowest BCUT2D eigenvalue weighted by atomic mass is 10.1. The van der Waals surface area contributed by atoms with E-state index in [0.29, 0.717) is 31.2 Å². The second-order valence-corrected chi connectivity index (χ2v) is 5.27. The Morgan fingerprint density at radius 1 is 1.50 bits per heavy atom. The largest absolute Gasteiger partial charge is 0.481 e. The van der Waals surface area contributed by atoms with Crippen LogP contribution in [0.2, 0.25) is 0 Å². The molecule has 0 aliphatic heterocycles. The van der Waals surface area contributed by atoms with E-state index in [0.717, 1.165) is 19.3 Å². The van der Waals surface area contributed by atoms with E-state index >= 15 is 0 Å². The highest BCUT2D eigenvalue weighted by atomic mass is 16.5. The van der Waals surface area contributed by atoms with Gasteiger partial charge in [-0.3, -0.25) is 4.79 Å². The number of ether oxygens (including phenoxy) is 1. The predicted molar refractivity (Wildman–Crippen MR) is 71.3 cm³/mol. The molecule has 6 heteroatoms. The molecule has 1 aromatic heterocycles. The Hall–Kier alpha value is -1.43. The molecule has 0 aromatic carbocycles. The molecule has 0 saturated heterocycles. The van der Waals surface area contributed by atoms with E-state index < -0.39 is 5.97 Å². The van der Waals surface area contributed by atoms with Crippen molar-refractivity contribution in [2.75, 3.05) is 6.61 Å². The summed E-state index contributed by atoms with van der Waals surface area (Å²) >= 11 is 0. The SMILES string of the molecule is CCCC(OCC)c1noc(C2CCC(C(=O)O)C2)n1. The van der Waals surface area contributed by atoms with Crippen LogP contribution in [0.3, 0.4) is 0 Å². The molecule has 0 spiro atoms. The second kappa shape index (κ2) is 6.83. The molecule has 0 radical (unpaired) electrons. The molecular formula is C14H22N2O4. The molecule has 1 aliphatic rings. The van der Waals surface area contributed by atoms with E-state index in [-0.39, 0.29) is 17.9 Å². The molecule has 20 heavy (non-hydrogen) atoms. The number of aliphatic carboxylic acids is 1. The normalized spacial score (nSPS) is 23.9. The van der Waals surface area contributed by atoms with Crippen molar-refractivity contribution in [3.05, 3.63) is 11.7 Å². The van der Waals surface area contributed by atoms with E-state index in [1.165, 1.54) is 0 Å². The van der Waals surface area contributed by atoms with Crippen molar-refractivity contribution < 1.29 is 19.2 Å². The van der Waals surface area contributed by atoms with Gasteiger partial charge in [0.15, 0.2) is 0 Å². The highest BCUT2D eigenvalue weighted by molar-refractivity contribution is 5.70. The third-order valence-electron chi connectivity index (χ3n) is 3.80. The van der Waals surface area contributed by atoms with Crippen LogP contribution in [0.1, 0.15) is 69.7 Å². The zero-order valence-corrected chi connectivity index (χ0v) is 12.0. The highest BCUT2D eigenvalue weighted by Gasteiger charge is 2.34. The maximum atomic E-state index is 11.0. The Labute approximate surface area is 118 Å². The third kappa shape index (κ3) is 3.36. The van der Waals surface area contributed by atoms with Crippen LogP contribution in [0.25, 0.3) is 0 Å². The molecule has 1 heterocycles. The Kier molecular flexibility index (Phi) is 5.11. The smallest absolute Gasteiger partial charge is 0.306 e. The average molecular weight is 282 g/mol. The number of nitrogens with zero attached hydrogens (tertiary/aromatic N) is 2. The van der Waals surface area contributed by atoms with Crippen molar-refractivity contribution in [3.8, 4) is 0 Å². The van der Waals surface area contributed by atoms with E-state index in [4.69, 9.17) is 14.4 Å². The highest BCUT2D eigenvalue weighted by Crippen LogP contribution is 2.38. The van der Waals surface area contributed by atoms with Crippen LogP contribution in [-0.2, 0) is 9.53 Å². The van der Waals surface area contributed by atoms with Gasteiger partial charge in [-0.2, -0.15) is 4.98 Å². The van der Waals surface area contributed by atoms with E-state index in [1.807, 2.05) is 6.92 Å². The molecule has 2 rings (SSSR count). The Balaban J connectivity index is 2.03. The van der Waals surface area contributed by atoms with Crippen molar-refractivity contribution in [1.82, 2.24) is 10.1 Å². The van der Waals surface area contributed by atoms with Gasteiger partial charge in [-0.15, -0.1) is 0 Å². The number of carboxylic acids is 1. The first-order chi connectivity index (χ1) is 9.65. The lowest BCUT2D eigenvalue weighted by molar-refractivity contribution is -0.141. The summed E-state index contributed by atoms with van der Waals surface area (Å²) in [6.07, 6.45) is 3.78. The average Bonchev–Trinajstić information content (AvgIpc) is 3.07. The molecule has 1 N–H and O–H groups in total. The molecule has 3 unspecified atom stereocenters. The first kappa shape index (κ1) is 15.0. The van der Waals surface area contributed by atoms with Crippen LogP contribution in [-0.4, -0.2) is 27.8 Å². The summed E-state index contributed by atoms with van der Waals surface area (Å²) < 4.78 is 10.9. The lowest BCUT2D eigenvalue weighted by Crippen LogP contribution is -2.09. The molecule has 3 atom stereocenters. The minimum absolute atomic E-state index is 0.0706. The second-order valence-electron chi connectivity index (χ2n) is 5.27. The van der Waals surface area contributed by atoms with Crippen LogP contribution < -0.4 is 0 Å². The maximum absolute atomic E-state index is 11.0. The van der Waals surface area contributed by atoms with Crippen molar-refractivity contribution in [2.24, 2.45) is 5.92 Å². The summed E-state index contributed by atoms with van der Waals surface area (Å²) in [6, 6.07) is 0. The van der Waals surface area contributed by atoms with Gasteiger partial charge in [0.2, 0.25) is 11.7 Å². The summed E-state index contributed by atoms with van der Waals surface area (Å²) in [6.45, 7) is 4.64. The first-order valence-electron chi connectivity index (χ1n) is 7.33. The van der Waals surface area contributed by atoms with Gasteiger partial charge in [0.1, 0.15) is 6.10 Å². The Morgan fingerprint density at radius 3 is 2.90 bits per heavy atom. The zero-order chi connectivity index (χ0) is 14.5. The van der Waals surface area contributed by atoms with Crippen LogP contribution in [0.15, 0.2) is 4.52 Å². The maximum Gasteiger partial charge on any atom is 0.306 e. The van der Waals surface area contributed by atoms with E-state index in [2.05, 4.69) is 17.1 Å². The number of hydrogen-bond acceptors (Lipinski definition) is 5. The molecule has 112 valence electrons. The topological polar surface area (TPSA) is 85.5 Å². The summed E-state index contributed by atoms with van der Waals surface area (Å²) in [4.78, 5) is 15.4. The molecule has 6 nitrogen and oxygen atoms in total. The number of hydrogen-bond donors (Lipinski definition) is 1. The zero-order valence-electron chi connectivity index (χ0n) is 12.0. The van der Waals surface area contributed by atoms with E-state index in [9.17, 15) is 4.79 Å². The summed E-state index contributed by atoms with van der Waals surface area (Å²) in [7, 11) is 0. The van der Waals surface area contributed by atoms with Crippen LogP contribution in [0, 0.1) is 5.92 Å². The van der Waals surface area contributed by atoms with Gasteiger partial charge >= 0.3 is 5.97 Å². The van der Waals surface area contributed by atoms with Crippen molar-refractivity contribution in [2.45, 2.75) is 58.0 Å². The molecular weight excluding hydrogens is 260 g/mol. The fourth-order valence-corrected chi connectivity index (χ4v) is 2.72. The monoisotopic (exact) mass is 282 g/mol. The van der Waals surface area contributed by atoms with Crippen LogP contribution in [0.4, 0.5) is 0 Å². The molecule has 1 aliphatic carbocycles. The van der Waals surface area contributed by atoms with Gasteiger partial charge in [0.25, 0.3) is 0 Å². The Morgan fingerprint density at radius 2 is 2.30 bits per heavy atom. The molecule has 0 amide bonds. The van der Waals surface area contributed by atoms with Crippen LogP contribution in [0.5, 0.6) is 0 Å². The fraction of sp³-hybridized carbons (Fsp3) is 0.786. The van der Waals surface area contributed by atoms with E-state index in [1.54, 1.807) is 0 Å².